The molecule has 1 N–H and O–H groups in total. The Labute approximate surface area is 210 Å². The number of rotatable bonds is 10. The van der Waals surface area contributed by atoms with Crippen LogP contribution in [0, 0.1) is 0 Å². The molecule has 0 bridgehead atoms. The van der Waals surface area contributed by atoms with Gasteiger partial charge in [0.1, 0.15) is 29.6 Å². The molecule has 2 heterocycles. The Morgan fingerprint density at radius 1 is 1.11 bits per heavy atom. The Hall–Kier alpha value is -4.14. The van der Waals surface area contributed by atoms with E-state index >= 15 is 0 Å². The van der Waals surface area contributed by atoms with Crippen LogP contribution in [0.1, 0.15) is 44.6 Å². The van der Waals surface area contributed by atoms with Gasteiger partial charge in [0.25, 0.3) is 0 Å². The van der Waals surface area contributed by atoms with E-state index in [1.165, 1.54) is 4.90 Å². The third-order valence-electron chi connectivity index (χ3n) is 6.27. The minimum atomic E-state index is -0.908. The van der Waals surface area contributed by atoms with Gasteiger partial charge in [0.15, 0.2) is 0 Å². The molecule has 1 atom stereocenters. The van der Waals surface area contributed by atoms with Crippen LogP contribution in [-0.2, 0) is 22.7 Å². The normalized spacial score (nSPS) is 12.3. The number of amides is 2. The van der Waals surface area contributed by atoms with E-state index in [-0.39, 0.29) is 24.9 Å². The second kappa shape index (κ2) is 10.6. The minimum absolute atomic E-state index is 0.0850. The summed E-state index contributed by atoms with van der Waals surface area (Å²) >= 11 is 0. The summed E-state index contributed by atoms with van der Waals surface area (Å²) in [5.41, 5.74) is 1.63. The predicted octanol–water partition coefficient (Wildman–Crippen LogP) is 4.11. The van der Waals surface area contributed by atoms with Crippen LogP contribution in [0.4, 0.5) is 0 Å². The monoisotopic (exact) mass is 489 g/mol. The van der Waals surface area contributed by atoms with Crippen molar-refractivity contribution in [3.63, 3.8) is 0 Å². The SMILES string of the molecule is CCC(C)(C)NC(=O)C(c1ccc(OC)cc1)N(Cc1ccco1)C(=O)Cn1nnc2ccccc21. The van der Waals surface area contributed by atoms with E-state index in [9.17, 15) is 9.59 Å². The summed E-state index contributed by atoms with van der Waals surface area (Å²) in [6.45, 7) is 5.93. The van der Waals surface area contributed by atoms with E-state index in [4.69, 9.17) is 9.15 Å². The molecule has 9 heteroatoms. The lowest BCUT2D eigenvalue weighted by Crippen LogP contribution is -2.50. The number of fused-ring (bicyclic) bond motifs is 1. The molecule has 2 aromatic carbocycles. The third kappa shape index (κ3) is 5.56. The van der Waals surface area contributed by atoms with Crippen molar-refractivity contribution in [1.29, 1.82) is 0 Å². The molecular formula is C27H31N5O4. The predicted molar refractivity (Wildman–Crippen MR) is 135 cm³/mol. The molecule has 0 radical (unpaired) electrons. The number of nitrogens with one attached hydrogen (secondary N) is 1. The zero-order chi connectivity index (χ0) is 25.7. The van der Waals surface area contributed by atoms with Gasteiger partial charge in [-0.15, -0.1) is 5.10 Å². The highest BCUT2D eigenvalue weighted by molar-refractivity contribution is 5.89. The number of hydrogen-bond donors (Lipinski definition) is 1. The first-order valence-corrected chi connectivity index (χ1v) is 11.9. The lowest BCUT2D eigenvalue weighted by molar-refractivity contribution is -0.143. The van der Waals surface area contributed by atoms with Crippen LogP contribution in [0.5, 0.6) is 5.75 Å². The summed E-state index contributed by atoms with van der Waals surface area (Å²) in [7, 11) is 1.58. The highest BCUT2D eigenvalue weighted by atomic mass is 16.5. The Bertz CT molecular complexity index is 1310. The molecule has 4 aromatic rings. The molecule has 0 aliphatic heterocycles. The van der Waals surface area contributed by atoms with Crippen LogP contribution in [0.2, 0.25) is 0 Å². The van der Waals surface area contributed by atoms with Crippen LogP contribution in [-0.4, -0.2) is 44.4 Å². The number of para-hydroxylation sites is 1. The van der Waals surface area contributed by atoms with Gasteiger partial charge in [-0.3, -0.25) is 9.59 Å². The fraction of sp³-hybridized carbons (Fsp3) is 0.333. The molecule has 2 aromatic heterocycles. The van der Waals surface area contributed by atoms with E-state index in [2.05, 4.69) is 15.6 Å². The molecular weight excluding hydrogens is 458 g/mol. The van der Waals surface area contributed by atoms with Crippen LogP contribution in [0.15, 0.2) is 71.3 Å². The Balaban J connectivity index is 1.74. The van der Waals surface area contributed by atoms with Crippen LogP contribution < -0.4 is 10.1 Å². The van der Waals surface area contributed by atoms with E-state index in [0.29, 0.717) is 22.6 Å². The lowest BCUT2D eigenvalue weighted by Gasteiger charge is -2.34. The molecule has 0 aliphatic rings. The molecule has 188 valence electrons. The lowest BCUT2D eigenvalue weighted by atomic mass is 9.98. The number of hydrogen-bond acceptors (Lipinski definition) is 6. The molecule has 0 saturated heterocycles. The van der Waals surface area contributed by atoms with Crippen molar-refractivity contribution in [3.8, 4) is 5.75 Å². The number of ether oxygens (including phenoxy) is 1. The molecule has 4 rings (SSSR count). The number of carbonyl (C=O) groups excluding carboxylic acids is 2. The highest BCUT2D eigenvalue weighted by Crippen LogP contribution is 2.27. The maximum absolute atomic E-state index is 13.8. The van der Waals surface area contributed by atoms with Gasteiger partial charge >= 0.3 is 0 Å². The van der Waals surface area contributed by atoms with Crippen molar-refractivity contribution < 1.29 is 18.7 Å². The van der Waals surface area contributed by atoms with Crippen molar-refractivity contribution in [3.05, 3.63) is 78.3 Å². The van der Waals surface area contributed by atoms with Gasteiger partial charge < -0.3 is 19.4 Å². The number of carbonyl (C=O) groups is 2. The number of benzene rings is 2. The molecule has 1 unspecified atom stereocenters. The Kier molecular flexibility index (Phi) is 7.38. The first kappa shape index (κ1) is 25.0. The van der Waals surface area contributed by atoms with Gasteiger partial charge in [0.2, 0.25) is 11.8 Å². The standard InChI is InChI=1S/C27H31N5O4/c1-5-27(2,3)28-26(34)25(19-12-14-20(35-4)15-13-19)31(17-21-9-8-16-36-21)24(33)18-32-23-11-7-6-10-22(23)29-30-32/h6-16,25H,5,17-18H2,1-4H3,(H,28,34). The highest BCUT2D eigenvalue weighted by Gasteiger charge is 2.34. The fourth-order valence-corrected chi connectivity index (χ4v) is 3.90. The zero-order valence-electron chi connectivity index (χ0n) is 21.0. The molecule has 36 heavy (non-hydrogen) atoms. The van der Waals surface area contributed by atoms with Gasteiger partial charge in [0, 0.05) is 5.54 Å². The first-order chi connectivity index (χ1) is 17.3. The zero-order valence-corrected chi connectivity index (χ0v) is 21.0. The first-order valence-electron chi connectivity index (χ1n) is 11.9. The van der Waals surface area contributed by atoms with Gasteiger partial charge in [-0.1, -0.05) is 36.4 Å². The Morgan fingerprint density at radius 3 is 2.53 bits per heavy atom. The number of furan rings is 1. The van der Waals surface area contributed by atoms with Crippen LogP contribution in [0.3, 0.4) is 0 Å². The van der Waals surface area contributed by atoms with Crippen molar-refractivity contribution >= 4 is 22.8 Å². The summed E-state index contributed by atoms with van der Waals surface area (Å²) in [5.74, 6) is 0.639. The van der Waals surface area contributed by atoms with Crippen molar-refractivity contribution in [2.45, 2.75) is 51.9 Å². The molecule has 0 saturated carbocycles. The van der Waals surface area contributed by atoms with Gasteiger partial charge in [-0.25, -0.2) is 4.68 Å². The molecule has 0 aliphatic carbocycles. The molecule has 2 amide bonds. The van der Waals surface area contributed by atoms with Crippen molar-refractivity contribution in [2.75, 3.05) is 7.11 Å². The number of aromatic nitrogens is 3. The summed E-state index contributed by atoms with van der Waals surface area (Å²) in [4.78, 5) is 29.1. The number of methoxy groups -OCH3 is 1. The summed E-state index contributed by atoms with van der Waals surface area (Å²) in [6.07, 6.45) is 2.27. The Morgan fingerprint density at radius 2 is 1.86 bits per heavy atom. The summed E-state index contributed by atoms with van der Waals surface area (Å²) in [5, 5.41) is 11.4. The van der Waals surface area contributed by atoms with Crippen molar-refractivity contribution in [1.82, 2.24) is 25.2 Å². The maximum Gasteiger partial charge on any atom is 0.247 e. The van der Waals surface area contributed by atoms with Gasteiger partial charge in [0.05, 0.1) is 25.4 Å². The molecule has 9 nitrogen and oxygen atoms in total. The van der Waals surface area contributed by atoms with E-state index < -0.39 is 11.6 Å². The third-order valence-corrected chi connectivity index (χ3v) is 6.27. The van der Waals surface area contributed by atoms with Crippen LogP contribution >= 0.6 is 0 Å². The molecule has 0 fully saturated rings. The fourth-order valence-electron chi connectivity index (χ4n) is 3.90. The summed E-state index contributed by atoms with van der Waals surface area (Å²) in [6, 6.07) is 17.2. The smallest absolute Gasteiger partial charge is 0.247 e. The average Bonchev–Trinajstić information content (AvgIpc) is 3.54. The van der Waals surface area contributed by atoms with E-state index in [1.807, 2.05) is 45.0 Å². The van der Waals surface area contributed by atoms with E-state index in [1.54, 1.807) is 54.5 Å². The minimum Gasteiger partial charge on any atom is -0.497 e. The van der Waals surface area contributed by atoms with E-state index in [0.717, 1.165) is 11.9 Å². The number of nitrogens with zero attached hydrogens (tertiary/aromatic N) is 4. The maximum atomic E-state index is 13.8. The van der Waals surface area contributed by atoms with Gasteiger partial charge in [-0.2, -0.15) is 0 Å². The van der Waals surface area contributed by atoms with Gasteiger partial charge in [-0.05, 0) is 62.2 Å². The quantitative estimate of drug-likeness (QED) is 0.360. The van der Waals surface area contributed by atoms with Crippen molar-refractivity contribution in [2.24, 2.45) is 0 Å². The molecule has 0 spiro atoms. The second-order valence-electron chi connectivity index (χ2n) is 9.24. The second-order valence-corrected chi connectivity index (χ2v) is 9.24. The average molecular weight is 490 g/mol. The largest absolute Gasteiger partial charge is 0.497 e. The summed E-state index contributed by atoms with van der Waals surface area (Å²) < 4.78 is 12.4. The van der Waals surface area contributed by atoms with Crippen LogP contribution in [0.25, 0.3) is 11.0 Å². The topological polar surface area (TPSA) is 102 Å².